The van der Waals surface area contributed by atoms with E-state index in [4.69, 9.17) is 4.74 Å². The van der Waals surface area contributed by atoms with Crippen LogP contribution in [0.4, 0.5) is 5.69 Å². The van der Waals surface area contributed by atoms with Gasteiger partial charge in [0, 0.05) is 29.4 Å². The van der Waals surface area contributed by atoms with Gasteiger partial charge in [-0.1, -0.05) is 18.2 Å². The van der Waals surface area contributed by atoms with Gasteiger partial charge < -0.3 is 9.64 Å². The van der Waals surface area contributed by atoms with E-state index in [1.165, 1.54) is 0 Å². The third-order valence-electron chi connectivity index (χ3n) is 3.88. The molecule has 3 rings (SSSR count). The van der Waals surface area contributed by atoms with Gasteiger partial charge in [-0.05, 0) is 36.4 Å². The Hall–Kier alpha value is -2.31. The van der Waals surface area contributed by atoms with Crippen molar-refractivity contribution in [2.24, 2.45) is 0 Å². The fraction of sp³-hybridized carbons (Fsp3) is 0.200. The largest absolute Gasteiger partial charge is 0.497 e. The number of thioether (sulfide) groups is 1. The monoisotopic (exact) mass is 384 g/mol. The molecule has 1 aromatic heterocycles. The maximum Gasteiger partial charge on any atom is 0.236 e. The Morgan fingerprint density at radius 2 is 1.88 bits per heavy atom. The van der Waals surface area contributed by atoms with Crippen LogP contribution in [-0.4, -0.2) is 30.8 Å². The Morgan fingerprint density at radius 1 is 1.15 bits per heavy atom. The first-order valence-corrected chi connectivity index (χ1v) is 10.2. The predicted octanol–water partition coefficient (Wildman–Crippen LogP) is 4.71. The molecule has 4 nitrogen and oxygen atoms in total. The van der Waals surface area contributed by atoms with E-state index in [2.05, 4.69) is 10.4 Å². The van der Waals surface area contributed by atoms with Crippen LogP contribution in [0.15, 0.2) is 60.0 Å². The van der Waals surface area contributed by atoms with Gasteiger partial charge >= 0.3 is 0 Å². The zero-order valence-corrected chi connectivity index (χ0v) is 16.3. The fourth-order valence-corrected chi connectivity index (χ4v) is 4.13. The fourth-order valence-electron chi connectivity index (χ4n) is 2.37. The average Bonchev–Trinajstić information content (AvgIpc) is 3.17. The first-order valence-electron chi connectivity index (χ1n) is 8.15. The van der Waals surface area contributed by atoms with Crippen molar-refractivity contribution in [3.05, 3.63) is 65.7 Å². The number of hydrogen-bond acceptors (Lipinski definition) is 5. The molecule has 6 heteroatoms. The van der Waals surface area contributed by atoms with Crippen molar-refractivity contribution in [1.82, 2.24) is 4.98 Å². The lowest BCUT2D eigenvalue weighted by atomic mass is 10.2. The number of hydrogen-bond donors (Lipinski definition) is 0. The molecule has 26 heavy (non-hydrogen) atoms. The number of carbonyl (C=O) groups is 1. The Bertz CT molecular complexity index is 848. The van der Waals surface area contributed by atoms with Crippen molar-refractivity contribution in [2.75, 3.05) is 24.8 Å². The summed E-state index contributed by atoms with van der Waals surface area (Å²) in [6.45, 7) is 0. The van der Waals surface area contributed by atoms with Crippen molar-refractivity contribution >= 4 is 34.7 Å². The minimum atomic E-state index is 0.0896. The number of thiazole rings is 1. The van der Waals surface area contributed by atoms with Gasteiger partial charge in [0.25, 0.3) is 0 Å². The van der Waals surface area contributed by atoms with Crippen molar-refractivity contribution in [1.29, 1.82) is 0 Å². The molecule has 0 atom stereocenters. The van der Waals surface area contributed by atoms with Crippen LogP contribution in [0, 0.1) is 0 Å². The topological polar surface area (TPSA) is 42.4 Å². The van der Waals surface area contributed by atoms with E-state index in [-0.39, 0.29) is 5.91 Å². The second-order valence-electron chi connectivity index (χ2n) is 5.65. The van der Waals surface area contributed by atoms with Crippen molar-refractivity contribution < 1.29 is 9.53 Å². The number of anilines is 1. The summed E-state index contributed by atoms with van der Waals surface area (Å²) in [5.41, 5.74) is 2.99. The summed E-state index contributed by atoms with van der Waals surface area (Å²) < 4.78 is 5.18. The Morgan fingerprint density at radius 3 is 2.58 bits per heavy atom. The number of amides is 1. The van der Waals surface area contributed by atoms with Crippen LogP contribution in [0.5, 0.6) is 5.75 Å². The van der Waals surface area contributed by atoms with Crippen LogP contribution >= 0.6 is 23.1 Å². The van der Waals surface area contributed by atoms with Gasteiger partial charge in [-0.25, -0.2) is 4.98 Å². The van der Waals surface area contributed by atoms with Gasteiger partial charge in [-0.3, -0.25) is 4.79 Å². The zero-order chi connectivity index (χ0) is 18.4. The summed E-state index contributed by atoms with van der Waals surface area (Å²) in [5, 5.41) is 3.04. The molecule has 134 valence electrons. The van der Waals surface area contributed by atoms with E-state index in [0.717, 1.165) is 33.5 Å². The normalized spacial score (nSPS) is 10.5. The highest BCUT2D eigenvalue weighted by atomic mass is 32.2. The molecule has 1 amide bonds. The second kappa shape index (κ2) is 8.87. The number of methoxy groups -OCH3 is 1. The number of aromatic nitrogens is 1. The summed E-state index contributed by atoms with van der Waals surface area (Å²) in [6, 6.07) is 17.6. The Balaban J connectivity index is 1.52. The van der Waals surface area contributed by atoms with E-state index in [1.807, 2.05) is 61.6 Å². The summed E-state index contributed by atoms with van der Waals surface area (Å²) in [7, 11) is 3.47. The molecule has 0 bridgehead atoms. The molecular weight excluding hydrogens is 364 g/mol. The minimum Gasteiger partial charge on any atom is -0.497 e. The molecule has 0 spiro atoms. The van der Waals surface area contributed by atoms with Gasteiger partial charge in [0.2, 0.25) is 5.91 Å². The quantitative estimate of drug-likeness (QED) is 0.591. The first kappa shape index (κ1) is 18.5. The molecule has 0 aliphatic heterocycles. The number of benzene rings is 2. The molecule has 0 N–H and O–H groups in total. The van der Waals surface area contributed by atoms with Crippen LogP contribution < -0.4 is 9.64 Å². The molecule has 0 fully saturated rings. The van der Waals surface area contributed by atoms with Crippen molar-refractivity contribution in [3.8, 4) is 16.3 Å². The maximum atomic E-state index is 12.3. The highest BCUT2D eigenvalue weighted by Gasteiger charge is 2.11. The van der Waals surface area contributed by atoms with Gasteiger partial charge in [0.1, 0.15) is 10.8 Å². The molecule has 1 heterocycles. The zero-order valence-electron chi connectivity index (χ0n) is 14.7. The summed E-state index contributed by atoms with van der Waals surface area (Å²) in [6.07, 6.45) is 0. The van der Waals surface area contributed by atoms with Crippen LogP contribution in [-0.2, 0) is 10.5 Å². The number of nitrogens with zero attached hydrogens (tertiary/aromatic N) is 2. The lowest BCUT2D eigenvalue weighted by Gasteiger charge is -2.16. The number of ether oxygens (including phenoxy) is 1. The van der Waals surface area contributed by atoms with Gasteiger partial charge in [0.05, 0.1) is 18.6 Å². The highest BCUT2D eigenvalue weighted by molar-refractivity contribution is 7.99. The number of para-hydroxylation sites is 1. The van der Waals surface area contributed by atoms with E-state index < -0.39 is 0 Å². The molecular formula is C20H20N2O2S2. The Kier molecular flexibility index (Phi) is 6.30. The molecule has 0 saturated heterocycles. The third-order valence-corrected chi connectivity index (χ3v) is 5.77. The molecule has 0 saturated carbocycles. The molecule has 3 aromatic rings. The molecule has 0 aliphatic carbocycles. The van der Waals surface area contributed by atoms with Crippen LogP contribution in [0.2, 0.25) is 0 Å². The predicted molar refractivity (Wildman–Crippen MR) is 110 cm³/mol. The van der Waals surface area contributed by atoms with Crippen LogP contribution in [0.1, 0.15) is 5.69 Å². The Labute approximate surface area is 161 Å². The first-order chi connectivity index (χ1) is 12.7. The summed E-state index contributed by atoms with van der Waals surface area (Å²) >= 11 is 3.20. The van der Waals surface area contributed by atoms with E-state index in [0.29, 0.717) is 5.75 Å². The highest BCUT2D eigenvalue weighted by Crippen LogP contribution is 2.27. The number of rotatable bonds is 7. The third kappa shape index (κ3) is 4.65. The SMILES string of the molecule is COc1ccc(-c2nc(CSCC(=O)N(C)c3ccccc3)cs2)cc1. The molecule has 0 unspecified atom stereocenters. The van der Waals surface area contributed by atoms with E-state index in [1.54, 1.807) is 35.1 Å². The lowest BCUT2D eigenvalue weighted by molar-refractivity contribution is -0.115. The lowest BCUT2D eigenvalue weighted by Crippen LogP contribution is -2.27. The van der Waals surface area contributed by atoms with Crippen molar-refractivity contribution in [3.63, 3.8) is 0 Å². The van der Waals surface area contributed by atoms with E-state index >= 15 is 0 Å². The average molecular weight is 385 g/mol. The standard InChI is InChI=1S/C20H20N2O2S2/c1-22(17-6-4-3-5-7-17)19(23)14-25-12-16-13-26-20(21-16)15-8-10-18(24-2)11-9-15/h3-11,13H,12,14H2,1-2H3. The maximum absolute atomic E-state index is 12.3. The van der Waals surface area contributed by atoms with Crippen molar-refractivity contribution in [2.45, 2.75) is 5.75 Å². The minimum absolute atomic E-state index is 0.0896. The second-order valence-corrected chi connectivity index (χ2v) is 7.50. The molecule has 0 aliphatic rings. The molecule has 2 aromatic carbocycles. The summed E-state index contributed by atoms with van der Waals surface area (Å²) in [5.74, 6) is 2.08. The van der Waals surface area contributed by atoms with Gasteiger partial charge in [-0.2, -0.15) is 0 Å². The summed E-state index contributed by atoms with van der Waals surface area (Å²) in [4.78, 5) is 18.7. The van der Waals surface area contributed by atoms with Crippen LogP contribution in [0.3, 0.4) is 0 Å². The van der Waals surface area contributed by atoms with Gasteiger partial charge in [0.15, 0.2) is 0 Å². The van der Waals surface area contributed by atoms with E-state index in [9.17, 15) is 4.79 Å². The van der Waals surface area contributed by atoms with Crippen LogP contribution in [0.25, 0.3) is 10.6 Å². The van der Waals surface area contributed by atoms with Gasteiger partial charge in [-0.15, -0.1) is 23.1 Å². The molecule has 0 radical (unpaired) electrons. The smallest absolute Gasteiger partial charge is 0.236 e. The number of carbonyl (C=O) groups excluding carboxylic acids is 1.